The maximum Gasteiger partial charge on any atom is 0.0819 e. The molecule has 1 heterocycles. The van der Waals surface area contributed by atoms with E-state index in [1.165, 1.54) is 0 Å². The van der Waals surface area contributed by atoms with E-state index >= 15 is 0 Å². The number of benzene rings is 1. The molecule has 0 spiro atoms. The fourth-order valence-corrected chi connectivity index (χ4v) is 1.79. The summed E-state index contributed by atoms with van der Waals surface area (Å²) in [5, 5.41) is 14.6. The van der Waals surface area contributed by atoms with Crippen molar-refractivity contribution in [2.24, 2.45) is 0 Å². The molecule has 0 aliphatic heterocycles. The molecule has 90 valence electrons. The Balaban J connectivity index is 2.29. The van der Waals surface area contributed by atoms with Crippen LogP contribution in [0.4, 0.5) is 0 Å². The van der Waals surface area contributed by atoms with Crippen LogP contribution in [0.5, 0.6) is 0 Å². The summed E-state index contributed by atoms with van der Waals surface area (Å²) >= 11 is 5.96. The van der Waals surface area contributed by atoms with Crippen LogP contribution in [0.3, 0.4) is 0 Å². The van der Waals surface area contributed by atoms with Gasteiger partial charge in [0.25, 0.3) is 0 Å². The minimum atomic E-state index is -0.396. The average Bonchev–Trinajstić information content (AvgIpc) is 2.69. The van der Waals surface area contributed by atoms with E-state index in [1.54, 1.807) is 10.9 Å². The molecule has 0 unspecified atom stereocenters. The summed E-state index contributed by atoms with van der Waals surface area (Å²) in [7, 11) is 0. The van der Waals surface area contributed by atoms with Crippen molar-refractivity contribution in [3.8, 4) is 5.69 Å². The normalized spacial score (nSPS) is 12.7. The second kappa shape index (κ2) is 4.90. The standard InChI is InChI=1S/C13H15ClN2O/c1-3-13(17)10-4-6-11(7-5-10)16-8-12(14)9(2)15-16/h4-8,13,17H,3H2,1-2H3/t13-/m0/s1. The zero-order valence-corrected chi connectivity index (χ0v) is 10.6. The van der Waals surface area contributed by atoms with Gasteiger partial charge in [-0.15, -0.1) is 0 Å². The molecule has 0 amide bonds. The van der Waals surface area contributed by atoms with Gasteiger partial charge < -0.3 is 5.11 Å². The van der Waals surface area contributed by atoms with Gasteiger partial charge in [-0.05, 0) is 31.0 Å². The van der Waals surface area contributed by atoms with Crippen LogP contribution in [0.15, 0.2) is 30.5 Å². The molecular formula is C13H15ClN2O. The minimum absolute atomic E-state index is 0.396. The van der Waals surface area contributed by atoms with Crippen molar-refractivity contribution >= 4 is 11.6 Å². The molecule has 0 saturated carbocycles. The van der Waals surface area contributed by atoms with E-state index in [0.717, 1.165) is 16.9 Å². The van der Waals surface area contributed by atoms with Crippen LogP contribution in [-0.2, 0) is 0 Å². The van der Waals surface area contributed by atoms with Crippen molar-refractivity contribution in [1.29, 1.82) is 0 Å². The molecule has 3 nitrogen and oxygen atoms in total. The van der Waals surface area contributed by atoms with Crippen LogP contribution in [0.1, 0.15) is 30.7 Å². The molecular weight excluding hydrogens is 236 g/mol. The van der Waals surface area contributed by atoms with Crippen LogP contribution in [0.25, 0.3) is 5.69 Å². The Morgan fingerprint density at radius 1 is 1.35 bits per heavy atom. The maximum absolute atomic E-state index is 9.70. The number of aryl methyl sites for hydroxylation is 1. The Morgan fingerprint density at radius 3 is 2.47 bits per heavy atom. The van der Waals surface area contributed by atoms with E-state index in [2.05, 4.69) is 5.10 Å². The van der Waals surface area contributed by atoms with Crippen LogP contribution in [0.2, 0.25) is 5.02 Å². The van der Waals surface area contributed by atoms with E-state index < -0.39 is 6.10 Å². The van der Waals surface area contributed by atoms with Gasteiger partial charge in [0, 0.05) is 6.20 Å². The number of aliphatic hydroxyl groups is 1. The highest BCUT2D eigenvalue weighted by atomic mass is 35.5. The second-order valence-electron chi connectivity index (χ2n) is 4.02. The van der Waals surface area contributed by atoms with Gasteiger partial charge in [0.1, 0.15) is 0 Å². The first-order valence-corrected chi connectivity index (χ1v) is 5.99. The van der Waals surface area contributed by atoms with Gasteiger partial charge in [-0.3, -0.25) is 0 Å². The molecule has 17 heavy (non-hydrogen) atoms. The monoisotopic (exact) mass is 250 g/mol. The maximum atomic E-state index is 9.70. The number of rotatable bonds is 3. The average molecular weight is 251 g/mol. The number of hydrogen-bond acceptors (Lipinski definition) is 2. The third-order valence-corrected chi connectivity index (χ3v) is 3.14. The summed E-state index contributed by atoms with van der Waals surface area (Å²) in [6.45, 7) is 3.82. The van der Waals surface area contributed by atoms with Gasteiger partial charge in [0.05, 0.1) is 22.5 Å². The van der Waals surface area contributed by atoms with Crippen molar-refractivity contribution in [3.63, 3.8) is 0 Å². The second-order valence-corrected chi connectivity index (χ2v) is 4.43. The Bertz CT molecular complexity index is 485. The van der Waals surface area contributed by atoms with Gasteiger partial charge in [-0.2, -0.15) is 5.10 Å². The molecule has 0 saturated heterocycles. The van der Waals surface area contributed by atoms with E-state index in [4.69, 9.17) is 11.6 Å². The van der Waals surface area contributed by atoms with E-state index in [9.17, 15) is 5.11 Å². The molecule has 1 N–H and O–H groups in total. The van der Waals surface area contributed by atoms with Crippen LogP contribution < -0.4 is 0 Å². The lowest BCUT2D eigenvalue weighted by Gasteiger charge is -2.08. The highest BCUT2D eigenvalue weighted by Crippen LogP contribution is 2.20. The van der Waals surface area contributed by atoms with Crippen molar-refractivity contribution in [2.45, 2.75) is 26.4 Å². The Hall–Kier alpha value is -1.32. The lowest BCUT2D eigenvalue weighted by molar-refractivity contribution is 0.173. The van der Waals surface area contributed by atoms with Crippen molar-refractivity contribution in [3.05, 3.63) is 46.7 Å². The highest BCUT2D eigenvalue weighted by molar-refractivity contribution is 6.31. The molecule has 0 bridgehead atoms. The first kappa shape index (κ1) is 12.1. The van der Waals surface area contributed by atoms with Crippen LogP contribution in [0, 0.1) is 6.92 Å². The molecule has 2 aromatic rings. The van der Waals surface area contributed by atoms with Gasteiger partial charge in [-0.25, -0.2) is 4.68 Å². The summed E-state index contributed by atoms with van der Waals surface area (Å²) in [6.07, 6.45) is 2.10. The molecule has 1 atom stereocenters. The molecule has 0 aliphatic rings. The molecule has 4 heteroatoms. The van der Waals surface area contributed by atoms with Gasteiger partial charge in [0.15, 0.2) is 0 Å². The van der Waals surface area contributed by atoms with Crippen molar-refractivity contribution in [2.75, 3.05) is 0 Å². The molecule has 1 aromatic carbocycles. The summed E-state index contributed by atoms with van der Waals surface area (Å²) in [5.41, 5.74) is 2.67. The Labute approximate surface area is 106 Å². The van der Waals surface area contributed by atoms with Crippen LogP contribution >= 0.6 is 11.6 Å². The van der Waals surface area contributed by atoms with Crippen LogP contribution in [-0.4, -0.2) is 14.9 Å². The quantitative estimate of drug-likeness (QED) is 0.908. The van der Waals surface area contributed by atoms with Crippen molar-refractivity contribution in [1.82, 2.24) is 9.78 Å². The smallest absolute Gasteiger partial charge is 0.0819 e. The zero-order chi connectivity index (χ0) is 12.4. The van der Waals surface area contributed by atoms with E-state index in [1.807, 2.05) is 38.1 Å². The van der Waals surface area contributed by atoms with E-state index in [-0.39, 0.29) is 0 Å². The van der Waals surface area contributed by atoms with Gasteiger partial charge >= 0.3 is 0 Å². The SMILES string of the molecule is CC[C@H](O)c1ccc(-n2cc(Cl)c(C)n2)cc1. The molecule has 0 aliphatic carbocycles. The minimum Gasteiger partial charge on any atom is -0.388 e. The predicted octanol–water partition coefficient (Wildman–Crippen LogP) is 3.28. The Kier molecular flexibility index (Phi) is 3.50. The third kappa shape index (κ3) is 2.51. The van der Waals surface area contributed by atoms with Gasteiger partial charge in [0.2, 0.25) is 0 Å². The highest BCUT2D eigenvalue weighted by Gasteiger charge is 2.06. The summed E-state index contributed by atoms with van der Waals surface area (Å²) < 4.78 is 1.74. The topological polar surface area (TPSA) is 38.0 Å². The van der Waals surface area contributed by atoms with E-state index in [0.29, 0.717) is 11.4 Å². The first-order chi connectivity index (χ1) is 8.11. The van der Waals surface area contributed by atoms with Crippen molar-refractivity contribution < 1.29 is 5.11 Å². The number of halogens is 1. The third-order valence-electron chi connectivity index (χ3n) is 2.77. The number of hydrogen-bond donors (Lipinski definition) is 1. The lowest BCUT2D eigenvalue weighted by atomic mass is 10.1. The first-order valence-electron chi connectivity index (χ1n) is 5.62. The molecule has 0 fully saturated rings. The molecule has 0 radical (unpaired) electrons. The Morgan fingerprint density at radius 2 is 2.00 bits per heavy atom. The zero-order valence-electron chi connectivity index (χ0n) is 9.89. The summed E-state index contributed by atoms with van der Waals surface area (Å²) in [6, 6.07) is 7.68. The summed E-state index contributed by atoms with van der Waals surface area (Å²) in [4.78, 5) is 0. The number of aliphatic hydroxyl groups excluding tert-OH is 1. The number of nitrogens with zero attached hydrogens (tertiary/aromatic N) is 2. The molecule has 2 rings (SSSR count). The number of aromatic nitrogens is 2. The lowest BCUT2D eigenvalue weighted by Crippen LogP contribution is -1.98. The van der Waals surface area contributed by atoms with Gasteiger partial charge in [-0.1, -0.05) is 30.7 Å². The fraction of sp³-hybridized carbons (Fsp3) is 0.308. The fourth-order valence-electron chi connectivity index (χ4n) is 1.66. The predicted molar refractivity (Wildman–Crippen MR) is 68.6 cm³/mol. The largest absolute Gasteiger partial charge is 0.388 e. The molecule has 1 aromatic heterocycles. The summed E-state index contributed by atoms with van der Waals surface area (Å²) in [5.74, 6) is 0.